The third-order valence-electron chi connectivity index (χ3n) is 3.36. The minimum absolute atomic E-state index is 0.0903. The fourth-order valence-corrected chi connectivity index (χ4v) is 2.43. The topological polar surface area (TPSA) is 23.6 Å². The first-order valence-electron chi connectivity index (χ1n) is 5.08. The number of hydrogen-bond donors (Lipinski definition) is 0. The molecule has 1 aliphatic carbocycles. The first kappa shape index (κ1) is 9.00. The van der Waals surface area contributed by atoms with Crippen molar-refractivity contribution in [2.75, 3.05) is 20.6 Å². The third-order valence-corrected chi connectivity index (χ3v) is 3.36. The van der Waals surface area contributed by atoms with E-state index in [1.165, 1.54) is 12.8 Å². The molecule has 2 rings (SSSR count). The van der Waals surface area contributed by atoms with Crippen LogP contribution in [0.25, 0.3) is 0 Å². The van der Waals surface area contributed by atoms with E-state index in [-0.39, 0.29) is 11.9 Å². The van der Waals surface area contributed by atoms with Crippen LogP contribution in [0.2, 0.25) is 0 Å². The molecule has 1 saturated heterocycles. The zero-order valence-corrected chi connectivity index (χ0v) is 8.66. The summed E-state index contributed by atoms with van der Waals surface area (Å²) >= 11 is 0. The molecular formula is C10H18N2O. The molecule has 1 aliphatic heterocycles. The Morgan fingerprint density at radius 3 is 2.62 bits per heavy atom. The molecule has 1 heterocycles. The molecule has 74 valence electrons. The minimum Gasteiger partial charge on any atom is -0.347 e. The molecule has 3 unspecified atom stereocenters. The fourth-order valence-electron chi connectivity index (χ4n) is 2.43. The minimum atomic E-state index is 0.0903. The lowest BCUT2D eigenvalue weighted by atomic mass is 10.2. The molecule has 1 saturated carbocycles. The predicted molar refractivity (Wildman–Crippen MR) is 51.4 cm³/mol. The van der Waals surface area contributed by atoms with Crippen LogP contribution in [0, 0.1) is 5.92 Å². The molecule has 0 aromatic rings. The van der Waals surface area contributed by atoms with Gasteiger partial charge in [-0.3, -0.25) is 9.69 Å². The first-order chi connectivity index (χ1) is 6.11. The molecule has 0 aromatic heterocycles. The zero-order chi connectivity index (χ0) is 9.59. The van der Waals surface area contributed by atoms with E-state index < -0.39 is 0 Å². The van der Waals surface area contributed by atoms with Crippen molar-refractivity contribution in [3.63, 3.8) is 0 Å². The highest BCUT2D eigenvalue weighted by Gasteiger charge is 2.49. The van der Waals surface area contributed by atoms with E-state index in [4.69, 9.17) is 0 Å². The summed E-state index contributed by atoms with van der Waals surface area (Å²) in [5.41, 5.74) is 0. The van der Waals surface area contributed by atoms with Gasteiger partial charge in [0.2, 0.25) is 5.91 Å². The number of rotatable bonds is 2. The van der Waals surface area contributed by atoms with Crippen LogP contribution in [0.1, 0.15) is 19.8 Å². The molecule has 2 aliphatic rings. The van der Waals surface area contributed by atoms with Gasteiger partial charge in [0.15, 0.2) is 0 Å². The average molecular weight is 182 g/mol. The average Bonchev–Trinajstić information content (AvgIpc) is 2.76. The number of fused-ring (bicyclic) bond motifs is 1. The highest BCUT2D eigenvalue weighted by molar-refractivity contribution is 5.81. The van der Waals surface area contributed by atoms with Gasteiger partial charge in [0.1, 0.15) is 0 Å². The van der Waals surface area contributed by atoms with Gasteiger partial charge in [-0.15, -0.1) is 0 Å². The maximum absolute atomic E-state index is 11.7. The molecular weight excluding hydrogens is 164 g/mol. The van der Waals surface area contributed by atoms with Crippen molar-refractivity contribution in [2.24, 2.45) is 5.92 Å². The molecule has 3 heteroatoms. The molecule has 2 fully saturated rings. The van der Waals surface area contributed by atoms with Crippen LogP contribution in [0.4, 0.5) is 0 Å². The summed E-state index contributed by atoms with van der Waals surface area (Å²) < 4.78 is 0. The summed E-state index contributed by atoms with van der Waals surface area (Å²) in [7, 11) is 3.67. The van der Waals surface area contributed by atoms with Gasteiger partial charge in [0.05, 0.1) is 6.04 Å². The van der Waals surface area contributed by atoms with Gasteiger partial charge >= 0.3 is 0 Å². The lowest BCUT2D eigenvalue weighted by Gasteiger charge is -2.27. The van der Waals surface area contributed by atoms with E-state index in [1.807, 2.05) is 21.0 Å². The van der Waals surface area contributed by atoms with E-state index >= 15 is 0 Å². The van der Waals surface area contributed by atoms with Gasteiger partial charge in [-0.2, -0.15) is 0 Å². The number of carbonyl (C=O) groups excluding carboxylic acids is 1. The number of amides is 1. The smallest absolute Gasteiger partial charge is 0.239 e. The van der Waals surface area contributed by atoms with E-state index in [9.17, 15) is 4.79 Å². The predicted octanol–water partition coefficient (Wildman–Crippen LogP) is 0.557. The lowest BCUT2D eigenvalue weighted by molar-refractivity contribution is -0.133. The maximum Gasteiger partial charge on any atom is 0.239 e. The van der Waals surface area contributed by atoms with Crippen molar-refractivity contribution in [1.29, 1.82) is 0 Å². The van der Waals surface area contributed by atoms with Gasteiger partial charge in [0, 0.05) is 20.1 Å². The van der Waals surface area contributed by atoms with Gasteiger partial charge in [-0.05, 0) is 32.2 Å². The second-order valence-corrected chi connectivity index (χ2v) is 4.50. The molecule has 0 radical (unpaired) electrons. The molecule has 0 aromatic carbocycles. The quantitative estimate of drug-likeness (QED) is 0.623. The second kappa shape index (κ2) is 2.98. The van der Waals surface area contributed by atoms with Crippen LogP contribution >= 0.6 is 0 Å². The van der Waals surface area contributed by atoms with Gasteiger partial charge in [0.25, 0.3) is 0 Å². The van der Waals surface area contributed by atoms with Crippen molar-refractivity contribution in [3.8, 4) is 0 Å². The Balaban J connectivity index is 1.96. The molecule has 1 amide bonds. The standard InChI is InChI=1S/C10H18N2O/c1-7(10(13)11(2)3)12-5-4-8-6-9(8)12/h7-9H,4-6H2,1-3H3. The van der Waals surface area contributed by atoms with E-state index in [2.05, 4.69) is 4.90 Å². The monoisotopic (exact) mass is 182 g/mol. The number of carbonyl (C=O) groups is 1. The highest BCUT2D eigenvalue weighted by atomic mass is 16.2. The van der Waals surface area contributed by atoms with Gasteiger partial charge in [-0.1, -0.05) is 0 Å². The van der Waals surface area contributed by atoms with Gasteiger partial charge < -0.3 is 4.90 Å². The number of likely N-dealkylation sites (N-methyl/N-ethyl adjacent to an activating group) is 1. The Bertz CT molecular complexity index is 227. The summed E-state index contributed by atoms with van der Waals surface area (Å²) in [6, 6.07) is 0.825. The van der Waals surface area contributed by atoms with Crippen molar-refractivity contribution in [3.05, 3.63) is 0 Å². The number of hydrogen-bond acceptors (Lipinski definition) is 2. The lowest BCUT2D eigenvalue weighted by Crippen LogP contribution is -2.44. The summed E-state index contributed by atoms with van der Waals surface area (Å²) in [5, 5.41) is 0. The van der Waals surface area contributed by atoms with Crippen molar-refractivity contribution < 1.29 is 4.79 Å². The van der Waals surface area contributed by atoms with Crippen LogP contribution in [0.3, 0.4) is 0 Å². The summed E-state index contributed by atoms with van der Waals surface area (Å²) in [5.74, 6) is 1.16. The largest absolute Gasteiger partial charge is 0.347 e. The first-order valence-corrected chi connectivity index (χ1v) is 5.08. The number of nitrogens with zero attached hydrogens (tertiary/aromatic N) is 2. The molecule has 13 heavy (non-hydrogen) atoms. The summed E-state index contributed by atoms with van der Waals surface area (Å²) in [6.07, 6.45) is 2.63. The van der Waals surface area contributed by atoms with E-state index in [0.717, 1.165) is 18.5 Å². The van der Waals surface area contributed by atoms with Crippen LogP contribution in [-0.4, -0.2) is 48.4 Å². The zero-order valence-electron chi connectivity index (χ0n) is 8.66. The number of piperidine rings is 1. The Kier molecular flexibility index (Phi) is 2.06. The molecule has 0 N–H and O–H groups in total. The molecule has 3 nitrogen and oxygen atoms in total. The second-order valence-electron chi connectivity index (χ2n) is 4.50. The van der Waals surface area contributed by atoms with Crippen molar-refractivity contribution in [2.45, 2.75) is 31.8 Å². The van der Waals surface area contributed by atoms with Crippen LogP contribution in [0.15, 0.2) is 0 Å². The van der Waals surface area contributed by atoms with E-state index in [1.54, 1.807) is 4.90 Å². The van der Waals surface area contributed by atoms with Crippen molar-refractivity contribution in [1.82, 2.24) is 9.80 Å². The Hall–Kier alpha value is -0.570. The summed E-state index contributed by atoms with van der Waals surface area (Å²) in [4.78, 5) is 15.7. The molecule has 0 spiro atoms. The third kappa shape index (κ3) is 1.46. The van der Waals surface area contributed by atoms with Gasteiger partial charge in [-0.25, -0.2) is 0 Å². The van der Waals surface area contributed by atoms with Crippen LogP contribution < -0.4 is 0 Å². The molecule has 0 bridgehead atoms. The van der Waals surface area contributed by atoms with E-state index in [0.29, 0.717) is 0 Å². The highest BCUT2D eigenvalue weighted by Crippen LogP contribution is 2.45. The normalized spacial score (nSPS) is 34.1. The Morgan fingerprint density at radius 2 is 2.23 bits per heavy atom. The molecule has 3 atom stereocenters. The van der Waals surface area contributed by atoms with Crippen LogP contribution in [-0.2, 0) is 4.79 Å². The Morgan fingerprint density at radius 1 is 1.54 bits per heavy atom. The van der Waals surface area contributed by atoms with Crippen LogP contribution in [0.5, 0.6) is 0 Å². The summed E-state index contributed by atoms with van der Waals surface area (Å²) in [6.45, 7) is 3.15. The SMILES string of the molecule is CC(C(=O)N(C)C)N1CCC2CC21. The number of likely N-dealkylation sites (tertiary alicyclic amines) is 1. The Labute approximate surface area is 79.7 Å². The van der Waals surface area contributed by atoms with Crippen molar-refractivity contribution >= 4 is 5.91 Å². The maximum atomic E-state index is 11.7. The fraction of sp³-hybridized carbons (Fsp3) is 0.900.